The van der Waals surface area contributed by atoms with E-state index in [1.54, 1.807) is 19.2 Å². The largest absolute Gasteiger partial charge is 0.369 e. The first kappa shape index (κ1) is 11.9. The summed E-state index contributed by atoms with van der Waals surface area (Å²) in [5, 5.41) is 2.69. The number of pyridine rings is 1. The first-order valence-corrected chi connectivity index (χ1v) is 5.11. The Morgan fingerprint density at radius 3 is 3.07 bits per heavy atom. The maximum absolute atomic E-state index is 11.5. The fourth-order valence-electron chi connectivity index (χ4n) is 1.01. The summed E-state index contributed by atoms with van der Waals surface area (Å²) < 4.78 is 4.89. The van der Waals surface area contributed by atoms with Gasteiger partial charge in [0.15, 0.2) is 6.10 Å². The Labute approximate surface area is 93.6 Å². The second-order valence-electron chi connectivity index (χ2n) is 3.11. The zero-order valence-electron chi connectivity index (χ0n) is 8.71. The Morgan fingerprint density at radius 2 is 2.47 bits per heavy atom. The Bertz CT molecular complexity index is 344. The van der Waals surface area contributed by atoms with Crippen LogP contribution >= 0.6 is 11.6 Å². The number of H-pyrrole nitrogens is 1. The first-order valence-electron chi connectivity index (χ1n) is 4.57. The Balaban J connectivity index is 2.68. The van der Waals surface area contributed by atoms with E-state index in [1.807, 2.05) is 6.07 Å². The van der Waals surface area contributed by atoms with Crippen LogP contribution in [0.1, 0.15) is 12.5 Å². The van der Waals surface area contributed by atoms with Crippen LogP contribution in [-0.2, 0) is 15.4 Å². The van der Waals surface area contributed by atoms with Gasteiger partial charge in [0.1, 0.15) is 0 Å². The van der Waals surface area contributed by atoms with Gasteiger partial charge in [-0.2, -0.15) is 0 Å². The summed E-state index contributed by atoms with van der Waals surface area (Å²) >= 11 is 5.67. The van der Waals surface area contributed by atoms with Crippen molar-refractivity contribution in [3.05, 3.63) is 23.9 Å². The molecule has 82 valence electrons. The molecule has 0 aliphatic carbocycles. The minimum Gasteiger partial charge on any atom is -0.369 e. The number of ether oxygens (including phenoxy) is 1. The van der Waals surface area contributed by atoms with E-state index in [-0.39, 0.29) is 5.91 Å². The summed E-state index contributed by atoms with van der Waals surface area (Å²) in [5.74, 6) is 0.833. The maximum atomic E-state index is 11.5. The lowest BCUT2D eigenvalue weighted by Gasteiger charge is -2.04. The summed E-state index contributed by atoms with van der Waals surface area (Å²) in [5.41, 5.74) is 0.941. The summed E-state index contributed by atoms with van der Waals surface area (Å²) in [4.78, 5) is 14.4. The zero-order valence-corrected chi connectivity index (χ0v) is 9.47. The average molecular weight is 230 g/mol. The van der Waals surface area contributed by atoms with Crippen LogP contribution in [0.25, 0.3) is 0 Å². The van der Waals surface area contributed by atoms with Crippen LogP contribution in [-0.4, -0.2) is 19.1 Å². The van der Waals surface area contributed by atoms with Gasteiger partial charge in [-0.05, 0) is 18.6 Å². The lowest BCUT2D eigenvalue weighted by molar-refractivity contribution is -0.360. The van der Waals surface area contributed by atoms with Crippen LogP contribution in [0.2, 0.25) is 0 Å². The van der Waals surface area contributed by atoms with Gasteiger partial charge in [-0.25, -0.2) is 15.1 Å². The third-order valence-electron chi connectivity index (χ3n) is 2.00. The van der Waals surface area contributed by atoms with E-state index in [0.29, 0.717) is 11.7 Å². The Kier molecular flexibility index (Phi) is 4.52. The third kappa shape index (κ3) is 3.49. The van der Waals surface area contributed by atoms with E-state index in [4.69, 9.17) is 16.3 Å². The van der Waals surface area contributed by atoms with Crippen molar-refractivity contribution in [3.63, 3.8) is 0 Å². The summed E-state index contributed by atoms with van der Waals surface area (Å²) in [6.07, 6.45) is 1.25. The van der Waals surface area contributed by atoms with Gasteiger partial charge in [-0.3, -0.25) is 0 Å². The molecule has 15 heavy (non-hydrogen) atoms. The van der Waals surface area contributed by atoms with Gasteiger partial charge in [0.2, 0.25) is 0 Å². The first-order chi connectivity index (χ1) is 7.17. The number of nitrogens with one attached hydrogen (secondary N) is 2. The molecule has 0 saturated heterocycles. The molecule has 0 aromatic carbocycles. The van der Waals surface area contributed by atoms with Crippen LogP contribution < -0.4 is 10.3 Å². The number of hydrogen-bond donors (Lipinski definition) is 1. The Morgan fingerprint density at radius 1 is 1.73 bits per heavy atom. The summed E-state index contributed by atoms with van der Waals surface area (Å²) in [7, 11) is 1.49. The van der Waals surface area contributed by atoms with Crippen LogP contribution in [0.15, 0.2) is 18.3 Å². The van der Waals surface area contributed by atoms with Crippen LogP contribution in [0, 0.1) is 0 Å². The fourth-order valence-corrected chi connectivity index (χ4v) is 1.18. The lowest BCUT2D eigenvalue weighted by atomic mass is 10.3. The molecule has 2 N–H and O–H groups in total. The van der Waals surface area contributed by atoms with Crippen molar-refractivity contribution in [2.45, 2.75) is 18.9 Å². The normalized spacial score (nSPS) is 12.2. The molecule has 1 heterocycles. The molecule has 0 bridgehead atoms. The van der Waals surface area contributed by atoms with E-state index in [9.17, 15) is 4.79 Å². The van der Waals surface area contributed by atoms with Crippen molar-refractivity contribution < 1.29 is 14.5 Å². The standard InChI is InChI=1S/C10H13ClN2O2/c1-7(15-2)10(14)13-9-5-8(6-11)3-4-12-9/h3-5,7H,6H2,1-2H3,(H,12,13,14)/p+1. The number of carbonyl (C=O) groups excluding carboxylic acids is 1. The minimum atomic E-state index is -0.474. The van der Waals surface area contributed by atoms with Gasteiger partial charge in [0.05, 0.1) is 6.20 Å². The van der Waals surface area contributed by atoms with Gasteiger partial charge in [-0.15, -0.1) is 11.6 Å². The fraction of sp³-hybridized carbons (Fsp3) is 0.400. The quantitative estimate of drug-likeness (QED) is 0.790. The third-order valence-corrected chi connectivity index (χ3v) is 2.31. The van der Waals surface area contributed by atoms with Crippen molar-refractivity contribution in [2.75, 3.05) is 12.4 Å². The Hall–Kier alpha value is -1.13. The molecule has 1 unspecified atom stereocenters. The van der Waals surface area contributed by atoms with Crippen molar-refractivity contribution in [2.24, 2.45) is 0 Å². The van der Waals surface area contributed by atoms with Gasteiger partial charge >= 0.3 is 5.91 Å². The molecule has 0 fully saturated rings. The van der Waals surface area contributed by atoms with Gasteiger partial charge < -0.3 is 4.74 Å². The molecule has 1 rings (SSSR count). The van der Waals surface area contributed by atoms with E-state index < -0.39 is 6.10 Å². The topological polar surface area (TPSA) is 52.5 Å². The lowest BCUT2D eigenvalue weighted by Crippen LogP contribution is -2.29. The molecule has 1 aromatic heterocycles. The number of hydrogen-bond acceptors (Lipinski definition) is 2. The zero-order chi connectivity index (χ0) is 11.3. The molecule has 1 amide bonds. The number of carbonyl (C=O) groups is 1. The molecule has 0 spiro atoms. The van der Waals surface area contributed by atoms with E-state index >= 15 is 0 Å². The highest BCUT2D eigenvalue weighted by Crippen LogP contribution is 2.06. The highest BCUT2D eigenvalue weighted by molar-refractivity contribution is 6.17. The highest BCUT2D eigenvalue weighted by Gasteiger charge is 2.17. The van der Waals surface area contributed by atoms with Gasteiger partial charge in [0.25, 0.3) is 5.82 Å². The number of rotatable bonds is 4. The molecule has 0 saturated carbocycles. The highest BCUT2D eigenvalue weighted by atomic mass is 35.5. The molecule has 5 heteroatoms. The molecule has 1 atom stereocenters. The molecular weight excluding hydrogens is 216 g/mol. The molecule has 4 nitrogen and oxygen atoms in total. The van der Waals surface area contributed by atoms with Crippen molar-refractivity contribution in [1.82, 2.24) is 0 Å². The predicted octanol–water partition coefficient (Wildman–Crippen LogP) is 1.21. The number of aromatic amines is 1. The van der Waals surface area contributed by atoms with Gasteiger partial charge in [0, 0.05) is 19.1 Å². The van der Waals surface area contributed by atoms with Crippen LogP contribution in [0.5, 0.6) is 0 Å². The number of anilines is 1. The average Bonchev–Trinajstić information content (AvgIpc) is 2.28. The van der Waals surface area contributed by atoms with Crippen molar-refractivity contribution in [1.29, 1.82) is 0 Å². The molecule has 0 radical (unpaired) electrons. The second kappa shape index (κ2) is 5.68. The van der Waals surface area contributed by atoms with Crippen LogP contribution in [0.3, 0.4) is 0 Å². The number of aromatic nitrogens is 1. The molecule has 0 aliphatic rings. The molecule has 0 aliphatic heterocycles. The molecular formula is C10H14ClN2O2+. The number of alkyl halides is 1. The number of methoxy groups -OCH3 is 1. The monoisotopic (exact) mass is 229 g/mol. The molecule has 1 aromatic rings. The maximum Gasteiger partial charge on any atom is 0.336 e. The van der Waals surface area contributed by atoms with E-state index in [1.165, 1.54) is 7.11 Å². The SMILES string of the molecule is COC(C)C(=O)Nc1cc(CCl)cc[nH+]1. The predicted molar refractivity (Wildman–Crippen MR) is 57.7 cm³/mol. The number of amides is 1. The van der Waals surface area contributed by atoms with Crippen LogP contribution in [0.4, 0.5) is 5.82 Å². The second-order valence-corrected chi connectivity index (χ2v) is 3.38. The van der Waals surface area contributed by atoms with Gasteiger partial charge in [-0.1, -0.05) is 0 Å². The smallest absolute Gasteiger partial charge is 0.336 e. The summed E-state index contributed by atoms with van der Waals surface area (Å²) in [6, 6.07) is 3.63. The van der Waals surface area contributed by atoms with Crippen molar-refractivity contribution >= 4 is 23.3 Å². The van der Waals surface area contributed by atoms with E-state index in [0.717, 1.165) is 5.56 Å². The summed E-state index contributed by atoms with van der Waals surface area (Å²) in [6.45, 7) is 1.68. The number of halogens is 1. The minimum absolute atomic E-state index is 0.194. The van der Waals surface area contributed by atoms with Crippen molar-refractivity contribution in [3.8, 4) is 0 Å². The van der Waals surface area contributed by atoms with E-state index in [2.05, 4.69) is 10.3 Å².